The molecule has 1 aliphatic heterocycles. The Hall–Kier alpha value is -3.93. The van der Waals surface area contributed by atoms with Crippen molar-refractivity contribution >= 4 is 23.1 Å². The van der Waals surface area contributed by atoms with E-state index in [9.17, 15) is 14.0 Å². The molecule has 0 saturated heterocycles. The molecule has 6 heteroatoms. The van der Waals surface area contributed by atoms with E-state index < -0.39 is 17.6 Å². The highest BCUT2D eigenvalue weighted by Crippen LogP contribution is 2.32. The molecule has 3 aromatic carbocycles. The molecule has 0 fully saturated rings. The zero-order chi connectivity index (χ0) is 22.0. The quantitative estimate of drug-likeness (QED) is 0.600. The minimum absolute atomic E-state index is 0.116. The molecule has 0 bridgehead atoms. The van der Waals surface area contributed by atoms with Crippen LogP contribution in [0.5, 0.6) is 5.75 Å². The fourth-order valence-electron chi connectivity index (χ4n) is 3.45. The molecular formula is C25H21FN2O3. The Morgan fingerprint density at radius 1 is 0.935 bits per heavy atom. The summed E-state index contributed by atoms with van der Waals surface area (Å²) in [5.74, 6) is -0.603. The third kappa shape index (κ3) is 4.19. The topological polar surface area (TPSA) is 58.6 Å². The molecule has 3 aromatic rings. The Kier molecular flexibility index (Phi) is 5.54. The van der Waals surface area contributed by atoms with Gasteiger partial charge in [-0.15, -0.1) is 0 Å². The fraction of sp³-hybridized carbons (Fsp3) is 0.120. The lowest BCUT2D eigenvalue weighted by molar-refractivity contribution is -0.137. The van der Waals surface area contributed by atoms with Gasteiger partial charge in [0.1, 0.15) is 17.3 Å². The standard InChI is InChI=1S/C25H21FN2O3/c1-16-6-10-18(11-7-16)22-23(27-20-5-3-4-19(26)14-20)25(30)28(24(22)29)15-17-8-12-21(31-2)13-9-17/h3-14,27H,15H2,1-2H3. The highest BCUT2D eigenvalue weighted by Gasteiger charge is 2.39. The van der Waals surface area contributed by atoms with Crippen molar-refractivity contribution < 1.29 is 18.7 Å². The molecule has 0 radical (unpaired) electrons. The largest absolute Gasteiger partial charge is 0.497 e. The van der Waals surface area contributed by atoms with E-state index >= 15 is 0 Å². The molecule has 0 unspecified atom stereocenters. The molecule has 0 saturated carbocycles. The number of nitrogens with one attached hydrogen (secondary N) is 1. The molecule has 1 aliphatic rings. The molecule has 2 amide bonds. The molecule has 0 atom stereocenters. The predicted molar refractivity (Wildman–Crippen MR) is 117 cm³/mol. The van der Waals surface area contributed by atoms with E-state index in [0.717, 1.165) is 11.1 Å². The van der Waals surface area contributed by atoms with Crippen molar-refractivity contribution in [1.82, 2.24) is 4.90 Å². The van der Waals surface area contributed by atoms with Gasteiger partial charge in [0, 0.05) is 5.69 Å². The molecule has 1 N–H and O–H groups in total. The lowest BCUT2D eigenvalue weighted by Crippen LogP contribution is -2.32. The van der Waals surface area contributed by atoms with E-state index in [0.29, 0.717) is 17.0 Å². The van der Waals surface area contributed by atoms with Crippen LogP contribution in [0.3, 0.4) is 0 Å². The number of halogens is 1. The van der Waals surface area contributed by atoms with E-state index in [1.165, 1.54) is 17.0 Å². The van der Waals surface area contributed by atoms with Gasteiger partial charge in [-0.3, -0.25) is 14.5 Å². The second-order valence-corrected chi connectivity index (χ2v) is 7.30. The number of hydrogen-bond donors (Lipinski definition) is 1. The molecule has 0 aliphatic carbocycles. The molecule has 1 heterocycles. The summed E-state index contributed by atoms with van der Waals surface area (Å²) in [6.45, 7) is 2.06. The molecule has 31 heavy (non-hydrogen) atoms. The zero-order valence-electron chi connectivity index (χ0n) is 17.2. The summed E-state index contributed by atoms with van der Waals surface area (Å²) in [6.07, 6.45) is 0. The van der Waals surface area contributed by atoms with Crippen molar-refractivity contribution in [1.29, 1.82) is 0 Å². The second-order valence-electron chi connectivity index (χ2n) is 7.30. The van der Waals surface area contributed by atoms with Crippen LogP contribution in [-0.4, -0.2) is 23.8 Å². The fourth-order valence-corrected chi connectivity index (χ4v) is 3.45. The van der Waals surface area contributed by atoms with Crippen molar-refractivity contribution in [3.63, 3.8) is 0 Å². The lowest BCUT2D eigenvalue weighted by Gasteiger charge is -2.16. The van der Waals surface area contributed by atoms with Gasteiger partial charge in [0.15, 0.2) is 0 Å². The summed E-state index contributed by atoms with van der Waals surface area (Å²) in [6, 6.07) is 20.3. The number of benzene rings is 3. The van der Waals surface area contributed by atoms with Crippen molar-refractivity contribution in [2.24, 2.45) is 0 Å². The number of aryl methyl sites for hydroxylation is 1. The van der Waals surface area contributed by atoms with Gasteiger partial charge in [0.05, 0.1) is 19.2 Å². The first-order valence-corrected chi connectivity index (χ1v) is 9.79. The van der Waals surface area contributed by atoms with Gasteiger partial charge in [-0.1, -0.05) is 48.0 Å². The van der Waals surface area contributed by atoms with Crippen LogP contribution < -0.4 is 10.1 Å². The molecule has 5 nitrogen and oxygen atoms in total. The van der Waals surface area contributed by atoms with Gasteiger partial charge in [-0.05, 0) is 48.4 Å². The highest BCUT2D eigenvalue weighted by atomic mass is 19.1. The number of amides is 2. The van der Waals surface area contributed by atoms with E-state index in [2.05, 4.69) is 5.32 Å². The minimum Gasteiger partial charge on any atom is -0.497 e. The number of methoxy groups -OCH3 is 1. The first kappa shape index (κ1) is 20.3. The maximum Gasteiger partial charge on any atom is 0.278 e. The number of anilines is 1. The molecule has 4 rings (SSSR count). The molecular weight excluding hydrogens is 395 g/mol. The predicted octanol–water partition coefficient (Wildman–Crippen LogP) is 4.53. The van der Waals surface area contributed by atoms with Gasteiger partial charge in [-0.25, -0.2) is 4.39 Å². The van der Waals surface area contributed by atoms with Crippen LogP contribution >= 0.6 is 0 Å². The van der Waals surface area contributed by atoms with Crippen LogP contribution in [0.2, 0.25) is 0 Å². The van der Waals surface area contributed by atoms with E-state index in [-0.39, 0.29) is 17.8 Å². The number of carbonyl (C=O) groups excluding carboxylic acids is 2. The van der Waals surface area contributed by atoms with Crippen LogP contribution in [0.15, 0.2) is 78.5 Å². The van der Waals surface area contributed by atoms with Crippen molar-refractivity contribution in [2.45, 2.75) is 13.5 Å². The first-order chi connectivity index (χ1) is 15.0. The number of imide groups is 1. The van der Waals surface area contributed by atoms with E-state index in [1.807, 2.05) is 31.2 Å². The zero-order valence-corrected chi connectivity index (χ0v) is 17.2. The number of nitrogens with zero attached hydrogens (tertiary/aromatic N) is 1. The van der Waals surface area contributed by atoms with Gasteiger partial charge in [-0.2, -0.15) is 0 Å². The normalized spacial score (nSPS) is 13.7. The lowest BCUT2D eigenvalue weighted by atomic mass is 10.0. The highest BCUT2D eigenvalue weighted by molar-refractivity contribution is 6.36. The summed E-state index contributed by atoms with van der Waals surface area (Å²) in [5.41, 5.74) is 3.25. The van der Waals surface area contributed by atoms with Crippen LogP contribution in [0.1, 0.15) is 16.7 Å². The van der Waals surface area contributed by atoms with E-state index in [1.54, 1.807) is 43.5 Å². The first-order valence-electron chi connectivity index (χ1n) is 9.79. The average Bonchev–Trinajstić information content (AvgIpc) is 2.99. The van der Waals surface area contributed by atoms with Crippen LogP contribution in [0.25, 0.3) is 5.57 Å². The van der Waals surface area contributed by atoms with Gasteiger partial charge in [0.25, 0.3) is 11.8 Å². The van der Waals surface area contributed by atoms with Gasteiger partial charge < -0.3 is 10.1 Å². The average molecular weight is 416 g/mol. The maximum absolute atomic E-state index is 13.7. The number of rotatable bonds is 6. The van der Waals surface area contributed by atoms with Crippen molar-refractivity contribution in [2.75, 3.05) is 12.4 Å². The maximum atomic E-state index is 13.7. The number of hydrogen-bond acceptors (Lipinski definition) is 4. The summed E-state index contributed by atoms with van der Waals surface area (Å²) in [4.78, 5) is 27.7. The molecule has 0 spiro atoms. The Morgan fingerprint density at radius 2 is 1.65 bits per heavy atom. The Labute approximate surface area is 179 Å². The van der Waals surface area contributed by atoms with Gasteiger partial charge >= 0.3 is 0 Å². The second kappa shape index (κ2) is 8.44. The third-order valence-electron chi connectivity index (χ3n) is 5.10. The monoisotopic (exact) mass is 416 g/mol. The van der Waals surface area contributed by atoms with Crippen LogP contribution in [-0.2, 0) is 16.1 Å². The van der Waals surface area contributed by atoms with Crippen molar-refractivity contribution in [3.05, 3.63) is 101 Å². The molecule has 156 valence electrons. The Balaban J connectivity index is 1.71. The SMILES string of the molecule is COc1ccc(CN2C(=O)C(Nc3cccc(F)c3)=C(c3ccc(C)cc3)C2=O)cc1. The number of ether oxygens (including phenoxy) is 1. The summed E-state index contributed by atoms with van der Waals surface area (Å²) >= 11 is 0. The van der Waals surface area contributed by atoms with Crippen LogP contribution in [0, 0.1) is 12.7 Å². The minimum atomic E-state index is -0.458. The van der Waals surface area contributed by atoms with Gasteiger partial charge in [0.2, 0.25) is 0 Å². The number of carbonyl (C=O) groups is 2. The Bertz CT molecular complexity index is 1170. The Morgan fingerprint density at radius 3 is 2.29 bits per heavy atom. The molecule has 0 aromatic heterocycles. The smallest absolute Gasteiger partial charge is 0.278 e. The third-order valence-corrected chi connectivity index (χ3v) is 5.10. The van der Waals surface area contributed by atoms with Crippen molar-refractivity contribution in [3.8, 4) is 5.75 Å². The summed E-state index contributed by atoms with van der Waals surface area (Å²) in [7, 11) is 1.57. The van der Waals surface area contributed by atoms with Crippen LogP contribution in [0.4, 0.5) is 10.1 Å². The summed E-state index contributed by atoms with van der Waals surface area (Å²) < 4.78 is 18.8. The summed E-state index contributed by atoms with van der Waals surface area (Å²) in [5, 5.41) is 2.97. The van der Waals surface area contributed by atoms with E-state index in [4.69, 9.17) is 4.74 Å².